The smallest absolute Gasteiger partial charge is 0.353 e. The fourth-order valence-electron chi connectivity index (χ4n) is 5.70. The van der Waals surface area contributed by atoms with Crippen LogP contribution in [0.2, 0.25) is 0 Å². The molecule has 3 fully saturated rings. The summed E-state index contributed by atoms with van der Waals surface area (Å²) in [6.07, 6.45) is 1.54. The SMILES string of the molecule is C[C@@H](O)C1C(=O)N2C(C(=O)O)=C(S[C@@H]3CN[C@H](C(=O)N4CCC(CCN=C(N)N)C4)C3)[C@H](C)C12. The number of thioether (sulfide) groups is 1. The maximum Gasteiger partial charge on any atom is 0.353 e. The highest BCUT2D eigenvalue weighted by molar-refractivity contribution is 8.03. The van der Waals surface area contributed by atoms with Crippen LogP contribution in [-0.4, -0.2) is 93.4 Å². The maximum absolute atomic E-state index is 13.1. The van der Waals surface area contributed by atoms with E-state index in [1.54, 1.807) is 6.92 Å². The normalized spacial score (nSPS) is 33.7. The van der Waals surface area contributed by atoms with Gasteiger partial charge in [0.05, 0.1) is 24.1 Å². The molecule has 12 heteroatoms. The molecule has 7 atom stereocenters. The molecular weight excluding hydrogens is 460 g/mol. The lowest BCUT2D eigenvalue weighted by Gasteiger charge is -2.46. The van der Waals surface area contributed by atoms with Crippen molar-refractivity contribution in [3.63, 3.8) is 0 Å². The summed E-state index contributed by atoms with van der Waals surface area (Å²) in [7, 11) is 0. The van der Waals surface area contributed by atoms with E-state index in [4.69, 9.17) is 11.5 Å². The topological polar surface area (TPSA) is 175 Å². The zero-order valence-electron chi connectivity index (χ0n) is 19.5. The molecule has 2 amide bonds. The minimum absolute atomic E-state index is 0.0276. The summed E-state index contributed by atoms with van der Waals surface area (Å²) < 4.78 is 0. The van der Waals surface area contributed by atoms with Gasteiger partial charge in [0.25, 0.3) is 0 Å². The van der Waals surface area contributed by atoms with Gasteiger partial charge in [0.15, 0.2) is 5.96 Å². The molecular formula is C22H34N6O5S. The predicted molar refractivity (Wildman–Crippen MR) is 127 cm³/mol. The van der Waals surface area contributed by atoms with Crippen molar-refractivity contribution in [2.45, 2.75) is 56.5 Å². The van der Waals surface area contributed by atoms with Gasteiger partial charge in [0.2, 0.25) is 11.8 Å². The molecule has 3 saturated heterocycles. The molecule has 0 saturated carbocycles. The number of carbonyl (C=O) groups is 3. The van der Waals surface area contributed by atoms with Crippen LogP contribution in [0.15, 0.2) is 15.6 Å². The Morgan fingerprint density at radius 1 is 1.35 bits per heavy atom. The number of fused-ring (bicyclic) bond motifs is 1. The number of aliphatic carboxylic acids is 1. The molecule has 188 valence electrons. The number of likely N-dealkylation sites (tertiary alicyclic amines) is 1. The first-order chi connectivity index (χ1) is 16.1. The van der Waals surface area contributed by atoms with Gasteiger partial charge in [-0.25, -0.2) is 4.79 Å². The number of aliphatic imine (C=N–C) groups is 1. The number of carboxylic acid groups (broad SMARTS) is 1. The van der Waals surface area contributed by atoms with Gasteiger partial charge in [-0.15, -0.1) is 11.8 Å². The standard InChI is InChI=1S/C22H34N6O5S/c1-10-16-15(11(2)29)20(31)28(16)17(21(32)33)18(10)34-13-7-14(26-8-13)19(30)27-6-4-12(9-27)3-5-25-22(23)24/h10-16,26,29H,3-9H2,1-2H3,(H,32,33)(H4,23,24,25)/t10-,11-,12?,13+,14+,15?,16?/m1/s1. The van der Waals surface area contributed by atoms with Crippen LogP contribution in [0.4, 0.5) is 0 Å². The van der Waals surface area contributed by atoms with Crippen LogP contribution in [0.1, 0.15) is 33.1 Å². The molecule has 0 bridgehead atoms. The molecule has 4 heterocycles. The summed E-state index contributed by atoms with van der Waals surface area (Å²) in [6.45, 7) is 6.04. The summed E-state index contributed by atoms with van der Waals surface area (Å²) in [6, 6.07) is -0.628. The van der Waals surface area contributed by atoms with Crippen LogP contribution in [0.3, 0.4) is 0 Å². The van der Waals surface area contributed by atoms with E-state index in [0.29, 0.717) is 43.4 Å². The highest BCUT2D eigenvalue weighted by Crippen LogP contribution is 2.51. The van der Waals surface area contributed by atoms with Gasteiger partial charge in [-0.2, -0.15) is 0 Å². The Balaban J connectivity index is 1.35. The Morgan fingerprint density at radius 2 is 2.09 bits per heavy atom. The second-order valence-electron chi connectivity index (χ2n) is 9.74. The summed E-state index contributed by atoms with van der Waals surface area (Å²) >= 11 is 1.45. The van der Waals surface area contributed by atoms with Crippen LogP contribution >= 0.6 is 11.8 Å². The number of β-lactam (4-membered cyclic amide) rings is 1. The summed E-state index contributed by atoms with van der Waals surface area (Å²) in [5.74, 6) is -1.67. The molecule has 0 aromatic rings. The monoisotopic (exact) mass is 494 g/mol. The zero-order chi connectivity index (χ0) is 24.7. The summed E-state index contributed by atoms with van der Waals surface area (Å²) in [4.78, 5) is 45.5. The highest BCUT2D eigenvalue weighted by Gasteiger charge is 2.60. The van der Waals surface area contributed by atoms with Crippen LogP contribution in [0.5, 0.6) is 0 Å². The van der Waals surface area contributed by atoms with Gasteiger partial charge in [-0.1, -0.05) is 6.92 Å². The fraction of sp³-hybridized carbons (Fsp3) is 0.727. The Labute approximate surface area is 203 Å². The number of amides is 2. The molecule has 0 radical (unpaired) electrons. The third kappa shape index (κ3) is 4.50. The summed E-state index contributed by atoms with van der Waals surface area (Å²) in [5.41, 5.74) is 10.8. The Morgan fingerprint density at radius 3 is 2.74 bits per heavy atom. The first-order valence-corrected chi connectivity index (χ1v) is 12.7. The van der Waals surface area contributed by atoms with E-state index in [-0.39, 0.29) is 46.7 Å². The van der Waals surface area contributed by atoms with Gasteiger partial charge in [-0.3, -0.25) is 14.6 Å². The van der Waals surface area contributed by atoms with Gasteiger partial charge in [0.1, 0.15) is 5.70 Å². The molecule has 4 aliphatic heterocycles. The first-order valence-electron chi connectivity index (χ1n) is 11.8. The van der Waals surface area contributed by atoms with Crippen molar-refractivity contribution >= 4 is 35.5 Å². The maximum atomic E-state index is 13.1. The minimum atomic E-state index is -1.13. The lowest BCUT2D eigenvalue weighted by atomic mass is 9.79. The number of carbonyl (C=O) groups excluding carboxylic acids is 2. The Bertz CT molecular complexity index is 919. The number of nitrogens with two attached hydrogens (primary N) is 2. The highest BCUT2D eigenvalue weighted by atomic mass is 32.2. The van der Waals surface area contributed by atoms with E-state index in [9.17, 15) is 24.6 Å². The number of carboxylic acids is 1. The fourth-order valence-corrected chi connectivity index (χ4v) is 7.18. The number of hydrogen-bond donors (Lipinski definition) is 5. The van der Waals surface area contributed by atoms with Crippen molar-refractivity contribution in [1.29, 1.82) is 0 Å². The minimum Gasteiger partial charge on any atom is -0.477 e. The predicted octanol–water partition coefficient (Wildman–Crippen LogP) is -0.884. The van der Waals surface area contributed by atoms with E-state index >= 15 is 0 Å². The summed E-state index contributed by atoms with van der Waals surface area (Å²) in [5, 5.41) is 23.2. The van der Waals surface area contributed by atoms with Crippen LogP contribution in [0.25, 0.3) is 0 Å². The number of nitrogens with zero attached hydrogens (tertiary/aromatic N) is 3. The molecule has 34 heavy (non-hydrogen) atoms. The molecule has 7 N–H and O–H groups in total. The van der Waals surface area contributed by atoms with E-state index in [2.05, 4.69) is 10.3 Å². The largest absolute Gasteiger partial charge is 0.477 e. The van der Waals surface area contributed by atoms with E-state index in [0.717, 1.165) is 12.8 Å². The molecule has 0 spiro atoms. The Hall–Kier alpha value is -2.31. The molecule has 0 aromatic heterocycles. The molecule has 11 nitrogen and oxygen atoms in total. The van der Waals surface area contributed by atoms with Crippen molar-refractivity contribution in [3.8, 4) is 0 Å². The van der Waals surface area contributed by atoms with Crippen molar-refractivity contribution < 1.29 is 24.6 Å². The van der Waals surface area contributed by atoms with Crippen molar-refractivity contribution in [1.82, 2.24) is 15.1 Å². The second kappa shape index (κ2) is 9.74. The number of guanidine groups is 1. The molecule has 0 aromatic carbocycles. The second-order valence-corrected chi connectivity index (χ2v) is 11.1. The lowest BCUT2D eigenvalue weighted by molar-refractivity contribution is -0.163. The molecule has 3 unspecified atom stereocenters. The third-order valence-corrected chi connectivity index (χ3v) is 8.93. The van der Waals surface area contributed by atoms with Crippen molar-refractivity contribution in [2.24, 2.45) is 34.2 Å². The average molecular weight is 495 g/mol. The zero-order valence-corrected chi connectivity index (χ0v) is 20.3. The van der Waals surface area contributed by atoms with Gasteiger partial charge in [0, 0.05) is 42.3 Å². The van der Waals surface area contributed by atoms with Crippen LogP contribution < -0.4 is 16.8 Å². The number of rotatable bonds is 8. The van der Waals surface area contributed by atoms with E-state index in [1.165, 1.54) is 16.7 Å². The first kappa shape index (κ1) is 24.8. The van der Waals surface area contributed by atoms with Gasteiger partial charge < -0.3 is 36.8 Å². The van der Waals surface area contributed by atoms with Crippen molar-refractivity contribution in [3.05, 3.63) is 10.6 Å². The third-order valence-electron chi connectivity index (χ3n) is 7.42. The van der Waals surface area contributed by atoms with Crippen LogP contribution in [0, 0.1) is 17.8 Å². The number of aliphatic hydroxyl groups excluding tert-OH is 1. The Kier molecular flexibility index (Phi) is 7.11. The van der Waals surface area contributed by atoms with Gasteiger partial charge >= 0.3 is 5.97 Å². The lowest BCUT2D eigenvalue weighted by Crippen LogP contribution is -2.63. The van der Waals surface area contributed by atoms with E-state index in [1.807, 2.05) is 11.8 Å². The van der Waals surface area contributed by atoms with E-state index < -0.39 is 18.0 Å². The average Bonchev–Trinajstić information content (AvgIpc) is 3.46. The van der Waals surface area contributed by atoms with Crippen molar-refractivity contribution in [2.75, 3.05) is 26.2 Å². The quantitative estimate of drug-likeness (QED) is 0.163. The molecule has 4 aliphatic rings. The number of nitrogens with one attached hydrogen (secondary N) is 1. The van der Waals surface area contributed by atoms with Crippen LogP contribution in [-0.2, 0) is 14.4 Å². The molecule has 0 aliphatic carbocycles. The molecule has 4 rings (SSSR count). The number of aliphatic hydroxyl groups is 1. The van der Waals surface area contributed by atoms with Gasteiger partial charge in [-0.05, 0) is 32.1 Å². The number of hydrogen-bond acceptors (Lipinski definition) is 7.